The molecule has 0 saturated carbocycles. The number of hydrogen-bond acceptors (Lipinski definition) is 3. The van der Waals surface area contributed by atoms with E-state index >= 15 is 0 Å². The third-order valence-corrected chi connectivity index (χ3v) is 5.65. The van der Waals surface area contributed by atoms with Crippen molar-refractivity contribution in [3.05, 3.63) is 89.0 Å². The van der Waals surface area contributed by atoms with Crippen LogP contribution in [-0.4, -0.2) is 36.5 Å². The molecule has 0 bridgehead atoms. The lowest BCUT2D eigenvalue weighted by Gasteiger charge is -2.36. The zero-order valence-corrected chi connectivity index (χ0v) is 18.9. The Morgan fingerprint density at radius 2 is 1.79 bits per heavy atom. The fourth-order valence-corrected chi connectivity index (χ4v) is 3.82. The smallest absolute Gasteiger partial charge is 0.324 e. The van der Waals surface area contributed by atoms with Crippen LogP contribution in [0.15, 0.2) is 66.7 Å². The van der Waals surface area contributed by atoms with Gasteiger partial charge in [-0.05, 0) is 54.4 Å². The number of amides is 3. The highest BCUT2D eigenvalue weighted by molar-refractivity contribution is 6.33. The summed E-state index contributed by atoms with van der Waals surface area (Å²) in [6, 6.07) is 17.2. The second kappa shape index (κ2) is 10.5. The van der Waals surface area contributed by atoms with Crippen LogP contribution in [-0.2, 0) is 11.3 Å². The number of nitrogens with one attached hydrogen (secondary N) is 1. The van der Waals surface area contributed by atoms with Crippen LogP contribution in [0.5, 0.6) is 5.75 Å². The van der Waals surface area contributed by atoms with Gasteiger partial charge in [-0.3, -0.25) is 9.69 Å². The van der Waals surface area contributed by atoms with Crippen molar-refractivity contribution in [1.29, 1.82) is 0 Å². The Labute approximate surface area is 200 Å². The van der Waals surface area contributed by atoms with Crippen LogP contribution in [0.3, 0.4) is 0 Å². The molecule has 6 nitrogen and oxygen atoms in total. The van der Waals surface area contributed by atoms with E-state index in [1.165, 1.54) is 6.07 Å². The third kappa shape index (κ3) is 5.63. The predicted molar refractivity (Wildman–Crippen MR) is 126 cm³/mol. The number of halogens is 3. The minimum Gasteiger partial charge on any atom is -0.484 e. The van der Waals surface area contributed by atoms with E-state index in [4.69, 9.17) is 16.3 Å². The van der Waals surface area contributed by atoms with Gasteiger partial charge in [-0.15, -0.1) is 0 Å². The highest BCUT2D eigenvalue weighted by Gasteiger charge is 2.27. The number of ether oxygens (including phenoxy) is 1. The fourth-order valence-electron chi connectivity index (χ4n) is 3.66. The molecule has 1 fully saturated rings. The van der Waals surface area contributed by atoms with Crippen LogP contribution >= 0.6 is 11.6 Å². The molecule has 3 aromatic carbocycles. The molecule has 9 heteroatoms. The van der Waals surface area contributed by atoms with E-state index in [1.807, 2.05) is 6.07 Å². The first-order valence-corrected chi connectivity index (χ1v) is 11.1. The lowest BCUT2D eigenvalue weighted by molar-refractivity contribution is -0.118. The minimum atomic E-state index is -0.951. The molecule has 1 heterocycles. The van der Waals surface area contributed by atoms with Gasteiger partial charge in [0, 0.05) is 25.3 Å². The summed E-state index contributed by atoms with van der Waals surface area (Å²) in [5.41, 5.74) is 1.41. The monoisotopic (exact) mass is 485 g/mol. The van der Waals surface area contributed by atoms with Gasteiger partial charge >= 0.3 is 6.03 Å². The Balaban J connectivity index is 1.43. The molecule has 0 atom stereocenters. The molecule has 4 rings (SSSR count). The summed E-state index contributed by atoms with van der Waals surface area (Å²) in [6.45, 7) is 0.914. The topological polar surface area (TPSA) is 61.9 Å². The molecular formula is C25H22ClF2N3O3. The van der Waals surface area contributed by atoms with E-state index in [-0.39, 0.29) is 19.2 Å². The predicted octanol–water partition coefficient (Wildman–Crippen LogP) is 5.47. The largest absolute Gasteiger partial charge is 0.484 e. The number of rotatable bonds is 7. The van der Waals surface area contributed by atoms with Gasteiger partial charge in [0.25, 0.3) is 5.91 Å². The van der Waals surface area contributed by atoms with Crippen LogP contribution in [0.4, 0.5) is 25.0 Å². The van der Waals surface area contributed by atoms with Gasteiger partial charge in [0.05, 0.1) is 10.7 Å². The van der Waals surface area contributed by atoms with Crippen molar-refractivity contribution in [2.45, 2.75) is 13.0 Å². The first kappa shape index (κ1) is 23.5. The molecule has 1 aliphatic heterocycles. The lowest BCUT2D eigenvalue weighted by atomic mass is 10.1. The Bertz CT molecular complexity index is 1190. The van der Waals surface area contributed by atoms with Crippen molar-refractivity contribution < 1.29 is 23.1 Å². The van der Waals surface area contributed by atoms with Crippen molar-refractivity contribution in [3.63, 3.8) is 0 Å². The van der Waals surface area contributed by atoms with E-state index in [2.05, 4.69) is 5.32 Å². The van der Waals surface area contributed by atoms with Crippen molar-refractivity contribution >= 4 is 34.9 Å². The Kier molecular flexibility index (Phi) is 7.27. The average Bonchev–Trinajstić information content (AvgIpc) is 2.84. The summed E-state index contributed by atoms with van der Waals surface area (Å²) in [5, 5.41) is 3.03. The lowest BCUT2D eigenvalue weighted by Crippen LogP contribution is -2.49. The Morgan fingerprint density at radius 1 is 1.00 bits per heavy atom. The number of benzene rings is 3. The fraction of sp³-hybridized carbons (Fsp3) is 0.200. The zero-order chi connectivity index (χ0) is 24.1. The van der Waals surface area contributed by atoms with Gasteiger partial charge in [0.2, 0.25) is 0 Å². The Hall–Kier alpha value is -3.65. The van der Waals surface area contributed by atoms with Gasteiger partial charge in [-0.1, -0.05) is 35.9 Å². The molecule has 1 saturated heterocycles. The number of hydrogen-bond donors (Lipinski definition) is 1. The van der Waals surface area contributed by atoms with Crippen LogP contribution < -0.4 is 15.0 Å². The molecule has 0 radical (unpaired) electrons. The summed E-state index contributed by atoms with van der Waals surface area (Å²) in [4.78, 5) is 28.6. The van der Waals surface area contributed by atoms with Gasteiger partial charge in [-0.25, -0.2) is 13.6 Å². The first-order chi connectivity index (χ1) is 16.4. The molecule has 1 N–H and O–H groups in total. The second-order valence-corrected chi connectivity index (χ2v) is 8.18. The van der Waals surface area contributed by atoms with E-state index < -0.39 is 17.5 Å². The number of anilines is 2. The highest BCUT2D eigenvalue weighted by Crippen LogP contribution is 2.30. The summed E-state index contributed by atoms with van der Waals surface area (Å²) >= 11 is 6.26. The molecule has 3 aromatic rings. The number of nitrogens with zero attached hydrogens (tertiary/aromatic N) is 2. The first-order valence-electron chi connectivity index (χ1n) is 10.7. The maximum atomic E-state index is 13.6. The molecule has 3 amide bonds. The SMILES string of the molecule is O=C(COc1ccccc1)Nc1cc(N2CCCN(Cc3ccc(F)c(F)c3)C2=O)ccc1Cl. The summed E-state index contributed by atoms with van der Waals surface area (Å²) < 4.78 is 32.2. The van der Waals surface area contributed by atoms with Crippen LogP contribution in [0.2, 0.25) is 5.02 Å². The van der Waals surface area contributed by atoms with Gasteiger partial charge in [0.15, 0.2) is 18.2 Å². The number of para-hydroxylation sites is 1. The highest BCUT2D eigenvalue weighted by atomic mass is 35.5. The third-order valence-electron chi connectivity index (χ3n) is 5.32. The molecule has 0 spiro atoms. The summed E-state index contributed by atoms with van der Waals surface area (Å²) in [5.74, 6) is -1.71. The van der Waals surface area contributed by atoms with Crippen molar-refractivity contribution in [1.82, 2.24) is 4.90 Å². The average molecular weight is 486 g/mol. The van der Waals surface area contributed by atoms with Crippen LogP contribution in [0.25, 0.3) is 0 Å². The van der Waals surface area contributed by atoms with Gasteiger partial charge < -0.3 is 15.0 Å². The summed E-state index contributed by atoms with van der Waals surface area (Å²) in [7, 11) is 0. The van der Waals surface area contributed by atoms with Gasteiger partial charge in [0.1, 0.15) is 5.75 Å². The molecule has 1 aliphatic rings. The molecule has 0 aliphatic carbocycles. The molecule has 0 unspecified atom stereocenters. The van der Waals surface area contributed by atoms with Gasteiger partial charge in [-0.2, -0.15) is 0 Å². The van der Waals surface area contributed by atoms with Crippen molar-refractivity contribution in [2.24, 2.45) is 0 Å². The zero-order valence-electron chi connectivity index (χ0n) is 18.1. The van der Waals surface area contributed by atoms with Crippen LogP contribution in [0, 0.1) is 11.6 Å². The van der Waals surface area contributed by atoms with E-state index in [0.717, 1.165) is 12.1 Å². The maximum absolute atomic E-state index is 13.6. The number of carbonyl (C=O) groups is 2. The number of urea groups is 1. The van der Waals surface area contributed by atoms with Crippen LogP contribution in [0.1, 0.15) is 12.0 Å². The summed E-state index contributed by atoms with van der Waals surface area (Å²) in [6.07, 6.45) is 0.685. The van der Waals surface area contributed by atoms with Crippen molar-refractivity contribution in [3.8, 4) is 5.75 Å². The van der Waals surface area contributed by atoms with Crippen molar-refractivity contribution in [2.75, 3.05) is 29.9 Å². The minimum absolute atomic E-state index is 0.153. The quantitative estimate of drug-likeness (QED) is 0.483. The molecule has 34 heavy (non-hydrogen) atoms. The Morgan fingerprint density at radius 3 is 2.56 bits per heavy atom. The molecule has 0 aromatic heterocycles. The molecule has 176 valence electrons. The second-order valence-electron chi connectivity index (χ2n) is 7.77. The van der Waals surface area contributed by atoms with E-state index in [9.17, 15) is 18.4 Å². The normalized spacial score (nSPS) is 13.7. The van der Waals surface area contributed by atoms with E-state index in [0.29, 0.717) is 47.2 Å². The standard InChI is InChI=1S/C25H22ClF2N3O3/c26-20-9-8-18(14-23(20)29-24(32)16-34-19-5-2-1-3-6-19)31-12-4-11-30(25(31)33)15-17-7-10-21(27)22(28)13-17/h1-3,5-10,13-14H,4,11-12,15-16H2,(H,29,32). The van der Waals surface area contributed by atoms with E-state index in [1.54, 1.807) is 52.3 Å². The number of carbonyl (C=O) groups excluding carboxylic acids is 2. The molecular weight excluding hydrogens is 464 g/mol. The maximum Gasteiger partial charge on any atom is 0.324 e.